The maximum Gasteiger partial charge on any atom is 0.229 e. The maximum atomic E-state index is 5.19. The molecule has 118 valence electrons. The molecule has 0 amide bonds. The zero-order valence-electron chi connectivity index (χ0n) is 13.6. The van der Waals surface area contributed by atoms with Gasteiger partial charge in [-0.3, -0.25) is 0 Å². The molecule has 1 aliphatic rings. The van der Waals surface area contributed by atoms with Gasteiger partial charge in [0.2, 0.25) is 17.7 Å². The minimum Gasteiger partial charge on any atom is -0.481 e. The Labute approximate surface area is 127 Å². The van der Waals surface area contributed by atoms with Crippen molar-refractivity contribution in [1.82, 2.24) is 9.97 Å². The largest absolute Gasteiger partial charge is 0.481 e. The van der Waals surface area contributed by atoms with Crippen LogP contribution in [0.1, 0.15) is 46.0 Å². The van der Waals surface area contributed by atoms with Gasteiger partial charge in [0.25, 0.3) is 0 Å². The average Bonchev–Trinajstić information content (AvgIpc) is 2.92. The molecule has 0 unspecified atom stereocenters. The fourth-order valence-electron chi connectivity index (χ4n) is 3.40. The van der Waals surface area contributed by atoms with E-state index in [9.17, 15) is 0 Å². The number of ether oxygens (including phenoxy) is 2. The van der Waals surface area contributed by atoms with E-state index in [0.717, 1.165) is 6.54 Å². The molecule has 5 heteroatoms. The molecule has 2 rings (SSSR count). The number of rotatable bonds is 7. The maximum absolute atomic E-state index is 5.19. The second-order valence-electron chi connectivity index (χ2n) is 6.43. The highest BCUT2D eigenvalue weighted by Crippen LogP contribution is 2.43. The van der Waals surface area contributed by atoms with E-state index in [1.54, 1.807) is 20.3 Å². The molecular weight excluding hydrogens is 266 g/mol. The third-order valence-electron chi connectivity index (χ3n) is 4.22. The second kappa shape index (κ2) is 6.96. The fourth-order valence-corrected chi connectivity index (χ4v) is 3.40. The summed E-state index contributed by atoms with van der Waals surface area (Å²) in [5.74, 6) is 2.34. The van der Waals surface area contributed by atoms with E-state index in [4.69, 9.17) is 9.47 Å². The first-order valence-corrected chi connectivity index (χ1v) is 7.78. The van der Waals surface area contributed by atoms with Crippen LogP contribution in [0, 0.1) is 11.3 Å². The van der Waals surface area contributed by atoms with Gasteiger partial charge in [-0.15, -0.1) is 0 Å². The van der Waals surface area contributed by atoms with Crippen LogP contribution >= 0.6 is 0 Å². The minimum atomic E-state index is 0.383. The number of aromatic nitrogens is 2. The van der Waals surface area contributed by atoms with Crippen LogP contribution in [0.2, 0.25) is 0 Å². The van der Waals surface area contributed by atoms with Crippen molar-refractivity contribution in [3.05, 3.63) is 6.07 Å². The van der Waals surface area contributed by atoms with Gasteiger partial charge < -0.3 is 14.8 Å². The lowest BCUT2D eigenvalue weighted by Crippen LogP contribution is -2.29. The summed E-state index contributed by atoms with van der Waals surface area (Å²) in [6.45, 7) is 5.51. The zero-order chi connectivity index (χ0) is 15.3. The Kier molecular flexibility index (Phi) is 5.26. The molecule has 1 aromatic rings. The molecule has 5 nitrogen and oxygen atoms in total. The van der Waals surface area contributed by atoms with E-state index < -0.39 is 0 Å². The molecule has 1 fully saturated rings. The van der Waals surface area contributed by atoms with E-state index in [0.29, 0.717) is 29.0 Å². The summed E-state index contributed by atoms with van der Waals surface area (Å²) >= 11 is 0. The molecular formula is C16H27N3O2. The quantitative estimate of drug-likeness (QED) is 0.833. The summed E-state index contributed by atoms with van der Waals surface area (Å²) in [5, 5.41) is 3.40. The number of nitrogens with one attached hydrogen (secondary N) is 1. The van der Waals surface area contributed by atoms with Crippen molar-refractivity contribution in [3.8, 4) is 11.8 Å². The molecule has 1 saturated carbocycles. The van der Waals surface area contributed by atoms with Crippen LogP contribution in [0.5, 0.6) is 11.8 Å². The topological polar surface area (TPSA) is 56.3 Å². The summed E-state index contributed by atoms with van der Waals surface area (Å²) in [6.07, 6.45) is 6.49. The Morgan fingerprint density at radius 3 is 2.19 bits per heavy atom. The van der Waals surface area contributed by atoms with Crippen molar-refractivity contribution in [1.29, 1.82) is 0 Å². The van der Waals surface area contributed by atoms with E-state index in [1.165, 1.54) is 32.1 Å². The average molecular weight is 293 g/mol. The predicted octanol–water partition coefficient (Wildman–Crippen LogP) is 3.51. The summed E-state index contributed by atoms with van der Waals surface area (Å²) < 4.78 is 10.4. The molecule has 1 heterocycles. The number of methoxy groups -OCH3 is 2. The van der Waals surface area contributed by atoms with Crippen LogP contribution in [0.25, 0.3) is 0 Å². The molecule has 0 spiro atoms. The van der Waals surface area contributed by atoms with Crippen molar-refractivity contribution in [2.75, 3.05) is 26.1 Å². The summed E-state index contributed by atoms with van der Waals surface area (Å²) in [5.41, 5.74) is 0.383. The van der Waals surface area contributed by atoms with Gasteiger partial charge in [-0.25, -0.2) is 0 Å². The molecule has 0 aliphatic heterocycles. The molecule has 0 bridgehead atoms. The standard InChI is InChI=1S/C16H27N3O2/c1-12(2)10-16(7-5-6-8-16)11-17-15-18-13(20-3)9-14(19-15)21-4/h9,12H,5-8,10-11H2,1-4H3,(H,17,18,19). The van der Waals surface area contributed by atoms with E-state index in [-0.39, 0.29) is 0 Å². The van der Waals surface area contributed by atoms with Crippen molar-refractivity contribution >= 4 is 5.95 Å². The third kappa shape index (κ3) is 4.22. The van der Waals surface area contributed by atoms with Crippen LogP contribution in [0.15, 0.2) is 6.07 Å². The van der Waals surface area contributed by atoms with Gasteiger partial charge in [0.1, 0.15) is 0 Å². The van der Waals surface area contributed by atoms with Gasteiger partial charge in [0.15, 0.2) is 0 Å². The Bertz CT molecular complexity index is 435. The number of hydrogen-bond acceptors (Lipinski definition) is 5. The molecule has 1 aliphatic carbocycles. The lowest BCUT2D eigenvalue weighted by Gasteiger charge is -2.31. The fraction of sp³-hybridized carbons (Fsp3) is 0.750. The Morgan fingerprint density at radius 2 is 1.71 bits per heavy atom. The lowest BCUT2D eigenvalue weighted by atomic mass is 9.78. The molecule has 1 N–H and O–H groups in total. The van der Waals surface area contributed by atoms with Gasteiger partial charge in [0.05, 0.1) is 20.3 Å². The van der Waals surface area contributed by atoms with Crippen LogP contribution in [-0.4, -0.2) is 30.7 Å². The highest BCUT2D eigenvalue weighted by Gasteiger charge is 2.34. The SMILES string of the molecule is COc1cc(OC)nc(NCC2(CC(C)C)CCCC2)n1. The number of anilines is 1. The van der Waals surface area contributed by atoms with Crippen LogP contribution < -0.4 is 14.8 Å². The first kappa shape index (κ1) is 15.9. The van der Waals surface area contributed by atoms with Gasteiger partial charge >= 0.3 is 0 Å². The van der Waals surface area contributed by atoms with Crippen molar-refractivity contribution in [3.63, 3.8) is 0 Å². The van der Waals surface area contributed by atoms with Crippen LogP contribution in [-0.2, 0) is 0 Å². The van der Waals surface area contributed by atoms with Crippen molar-refractivity contribution in [2.45, 2.75) is 46.0 Å². The van der Waals surface area contributed by atoms with Gasteiger partial charge in [-0.1, -0.05) is 26.7 Å². The third-order valence-corrected chi connectivity index (χ3v) is 4.22. The van der Waals surface area contributed by atoms with Crippen molar-refractivity contribution < 1.29 is 9.47 Å². The number of hydrogen-bond donors (Lipinski definition) is 1. The summed E-state index contributed by atoms with van der Waals surface area (Å²) in [4.78, 5) is 8.69. The normalized spacial score (nSPS) is 17.0. The molecule has 0 atom stereocenters. The summed E-state index contributed by atoms with van der Waals surface area (Å²) in [7, 11) is 3.20. The minimum absolute atomic E-state index is 0.383. The van der Waals surface area contributed by atoms with Crippen molar-refractivity contribution in [2.24, 2.45) is 11.3 Å². The smallest absolute Gasteiger partial charge is 0.229 e. The van der Waals surface area contributed by atoms with E-state index in [1.807, 2.05) is 0 Å². The monoisotopic (exact) mass is 293 g/mol. The van der Waals surface area contributed by atoms with Gasteiger partial charge in [-0.2, -0.15) is 9.97 Å². The van der Waals surface area contributed by atoms with E-state index >= 15 is 0 Å². The molecule has 0 radical (unpaired) electrons. The summed E-state index contributed by atoms with van der Waals surface area (Å²) in [6, 6.07) is 1.69. The Morgan fingerprint density at radius 1 is 1.14 bits per heavy atom. The highest BCUT2D eigenvalue weighted by atomic mass is 16.5. The molecule has 1 aromatic heterocycles. The first-order chi connectivity index (χ1) is 10.1. The molecule has 21 heavy (non-hydrogen) atoms. The number of nitrogens with zero attached hydrogens (tertiary/aromatic N) is 2. The van der Waals surface area contributed by atoms with Gasteiger partial charge in [0, 0.05) is 6.54 Å². The molecule has 0 aromatic carbocycles. The van der Waals surface area contributed by atoms with Gasteiger partial charge in [-0.05, 0) is 30.6 Å². The van der Waals surface area contributed by atoms with Crippen LogP contribution in [0.4, 0.5) is 5.95 Å². The second-order valence-corrected chi connectivity index (χ2v) is 6.43. The Balaban J connectivity index is 2.06. The zero-order valence-corrected chi connectivity index (χ0v) is 13.6. The lowest BCUT2D eigenvalue weighted by molar-refractivity contribution is 0.252. The Hall–Kier alpha value is -1.52. The van der Waals surface area contributed by atoms with E-state index in [2.05, 4.69) is 29.1 Å². The van der Waals surface area contributed by atoms with Crippen LogP contribution in [0.3, 0.4) is 0 Å². The molecule has 0 saturated heterocycles. The predicted molar refractivity (Wildman–Crippen MR) is 84.0 cm³/mol. The first-order valence-electron chi connectivity index (χ1n) is 7.78. The highest BCUT2D eigenvalue weighted by molar-refractivity contribution is 5.34.